The van der Waals surface area contributed by atoms with Crippen LogP contribution >= 0.6 is 15.9 Å². The van der Waals surface area contributed by atoms with Crippen LogP contribution in [0.15, 0.2) is 48.5 Å². The van der Waals surface area contributed by atoms with Gasteiger partial charge in [0.15, 0.2) is 0 Å². The third-order valence-electron chi connectivity index (χ3n) is 8.64. The zero-order valence-corrected chi connectivity index (χ0v) is 32.7. The molecule has 2 saturated heterocycles. The van der Waals surface area contributed by atoms with Crippen molar-refractivity contribution < 1.29 is 28.7 Å². The van der Waals surface area contributed by atoms with Gasteiger partial charge in [-0.25, -0.2) is 9.59 Å². The van der Waals surface area contributed by atoms with Crippen molar-refractivity contribution in [2.75, 3.05) is 87.1 Å². The fourth-order valence-corrected chi connectivity index (χ4v) is 6.44. The lowest BCUT2D eigenvalue weighted by Gasteiger charge is -2.35. The number of carbonyl (C=O) groups excluding carboxylic acids is 4. The number of fused-ring (bicyclic) bond motifs is 2. The summed E-state index contributed by atoms with van der Waals surface area (Å²) in [4.78, 5) is 57.0. The van der Waals surface area contributed by atoms with Crippen LogP contribution in [-0.2, 0) is 31.9 Å². The van der Waals surface area contributed by atoms with Gasteiger partial charge >= 0.3 is 12.2 Å². The van der Waals surface area contributed by atoms with E-state index >= 15 is 0 Å². The van der Waals surface area contributed by atoms with Gasteiger partial charge in [0, 0.05) is 76.8 Å². The number of hydrogen-bond donors (Lipinski definition) is 1. The molecule has 0 spiro atoms. The number of nitrogens with one attached hydrogen (secondary N) is 1. The van der Waals surface area contributed by atoms with E-state index in [1.807, 2.05) is 87.7 Å². The first-order valence-electron chi connectivity index (χ1n) is 17.9. The minimum absolute atomic E-state index is 0.135. The monoisotopic (exact) mass is 770 g/mol. The summed E-state index contributed by atoms with van der Waals surface area (Å²) in [6, 6.07) is 16.2. The Kier molecular flexibility index (Phi) is 14.3. The summed E-state index contributed by atoms with van der Waals surface area (Å²) in [6.07, 6.45) is 1.43. The van der Waals surface area contributed by atoms with Crippen molar-refractivity contribution in [2.45, 2.75) is 65.6 Å². The summed E-state index contributed by atoms with van der Waals surface area (Å²) in [6.45, 7) is 19.0. The molecule has 0 aromatic heterocycles. The summed E-state index contributed by atoms with van der Waals surface area (Å²) in [5.74, 6) is 0.278. The second-order valence-corrected chi connectivity index (χ2v) is 15.5. The molecular weight excluding hydrogens is 716 g/mol. The second-order valence-electron chi connectivity index (χ2n) is 14.9. The zero-order valence-electron chi connectivity index (χ0n) is 31.1. The largest absolute Gasteiger partial charge is 0.444 e. The SMILES string of the molecule is CC(C)(C)OC(=O)N1CCN(CC(=O)N2CCc3ccccc32)CC1.CC(C)(C)OC(=O)N1CCNCC1.O=C(CBr)N1CCc2ccccc21. The van der Waals surface area contributed by atoms with Crippen LogP contribution in [0.25, 0.3) is 0 Å². The van der Waals surface area contributed by atoms with E-state index in [9.17, 15) is 19.2 Å². The highest BCUT2D eigenvalue weighted by Crippen LogP contribution is 2.28. The predicted molar refractivity (Wildman–Crippen MR) is 204 cm³/mol. The lowest BCUT2D eigenvalue weighted by Crippen LogP contribution is -2.52. The van der Waals surface area contributed by atoms with E-state index in [2.05, 4.69) is 38.3 Å². The van der Waals surface area contributed by atoms with E-state index in [1.165, 1.54) is 11.1 Å². The van der Waals surface area contributed by atoms with Crippen LogP contribution in [0.2, 0.25) is 0 Å². The van der Waals surface area contributed by atoms with Crippen molar-refractivity contribution >= 4 is 51.3 Å². The van der Waals surface area contributed by atoms with Crippen molar-refractivity contribution in [2.24, 2.45) is 0 Å². The van der Waals surface area contributed by atoms with Crippen LogP contribution < -0.4 is 15.1 Å². The molecule has 4 heterocycles. The molecule has 2 aromatic rings. The second kappa shape index (κ2) is 18.2. The van der Waals surface area contributed by atoms with Crippen LogP contribution in [0, 0.1) is 0 Å². The Bertz CT molecular complexity index is 1490. The molecule has 280 valence electrons. The smallest absolute Gasteiger partial charge is 0.410 e. The summed E-state index contributed by atoms with van der Waals surface area (Å²) in [7, 11) is 0. The standard InChI is InChI=1S/C19H27N3O3.C10H10BrNO.C9H18N2O2/c1-19(2,3)25-18(24)21-12-10-20(11-13-21)14-17(23)22-9-8-15-6-4-5-7-16(15)22;11-7-10(13)12-6-5-8-3-1-2-4-9(8)12;1-9(2,3)13-8(12)11-6-4-10-5-7-11/h4-7H,8-14H2,1-3H3;1-4H,5-7H2;10H,4-7H2,1-3H3. The molecule has 0 atom stereocenters. The molecule has 4 aliphatic heterocycles. The first kappa shape index (κ1) is 40.1. The summed E-state index contributed by atoms with van der Waals surface area (Å²) >= 11 is 3.19. The van der Waals surface area contributed by atoms with Crippen molar-refractivity contribution in [3.05, 3.63) is 59.7 Å². The van der Waals surface area contributed by atoms with Crippen molar-refractivity contribution in [1.82, 2.24) is 20.0 Å². The van der Waals surface area contributed by atoms with E-state index in [0.29, 0.717) is 38.1 Å². The van der Waals surface area contributed by atoms with Gasteiger partial charge in [0.25, 0.3) is 0 Å². The fraction of sp³-hybridized carbons (Fsp3) is 0.579. The zero-order chi connectivity index (χ0) is 37.2. The van der Waals surface area contributed by atoms with E-state index in [4.69, 9.17) is 9.47 Å². The molecule has 4 amide bonds. The van der Waals surface area contributed by atoms with Gasteiger partial charge in [-0.2, -0.15) is 0 Å². The average molecular weight is 772 g/mol. The maximum Gasteiger partial charge on any atom is 0.410 e. The Morgan fingerprint density at radius 2 is 1.06 bits per heavy atom. The van der Waals surface area contributed by atoms with Gasteiger partial charge in [-0.15, -0.1) is 0 Å². The van der Waals surface area contributed by atoms with Gasteiger partial charge in [0.05, 0.1) is 11.9 Å². The number of amides is 4. The number of piperazine rings is 2. The van der Waals surface area contributed by atoms with Crippen LogP contribution in [-0.4, -0.2) is 127 Å². The number of para-hydroxylation sites is 2. The topological polar surface area (TPSA) is 115 Å². The minimum atomic E-state index is -0.479. The van der Waals surface area contributed by atoms with Gasteiger partial charge in [-0.1, -0.05) is 52.3 Å². The van der Waals surface area contributed by atoms with Gasteiger partial charge in [-0.05, 0) is 77.6 Å². The molecule has 0 aliphatic carbocycles. The predicted octanol–water partition coefficient (Wildman–Crippen LogP) is 4.93. The van der Waals surface area contributed by atoms with Gasteiger partial charge < -0.3 is 34.4 Å². The van der Waals surface area contributed by atoms with Gasteiger partial charge in [-0.3, -0.25) is 14.5 Å². The Balaban J connectivity index is 0.000000189. The number of nitrogens with zero attached hydrogens (tertiary/aromatic N) is 5. The third-order valence-corrected chi connectivity index (χ3v) is 9.12. The van der Waals surface area contributed by atoms with Gasteiger partial charge in [0.2, 0.25) is 11.8 Å². The first-order valence-corrected chi connectivity index (χ1v) is 19.0. The Labute approximate surface area is 311 Å². The Hall–Kier alpha value is -3.68. The Morgan fingerprint density at radius 1 is 0.627 bits per heavy atom. The molecule has 2 aromatic carbocycles. The van der Waals surface area contributed by atoms with Crippen LogP contribution in [0.4, 0.5) is 21.0 Å². The van der Waals surface area contributed by atoms with Crippen LogP contribution in [0.3, 0.4) is 0 Å². The highest BCUT2D eigenvalue weighted by molar-refractivity contribution is 9.09. The number of halogens is 1. The number of rotatable bonds is 3. The quantitative estimate of drug-likeness (QED) is 0.438. The van der Waals surface area contributed by atoms with E-state index < -0.39 is 5.60 Å². The average Bonchev–Trinajstić information content (AvgIpc) is 3.73. The highest BCUT2D eigenvalue weighted by atomic mass is 79.9. The Morgan fingerprint density at radius 3 is 1.51 bits per heavy atom. The van der Waals surface area contributed by atoms with Crippen molar-refractivity contribution in [1.29, 1.82) is 0 Å². The number of ether oxygens (including phenoxy) is 2. The minimum Gasteiger partial charge on any atom is -0.444 e. The molecule has 6 rings (SSSR count). The molecule has 0 unspecified atom stereocenters. The van der Waals surface area contributed by atoms with Gasteiger partial charge in [0.1, 0.15) is 11.2 Å². The van der Waals surface area contributed by atoms with Crippen molar-refractivity contribution in [3.63, 3.8) is 0 Å². The third kappa shape index (κ3) is 12.2. The molecule has 13 heteroatoms. The first-order chi connectivity index (χ1) is 24.1. The van der Waals surface area contributed by atoms with Crippen LogP contribution in [0.5, 0.6) is 0 Å². The molecular formula is C38H55BrN6O6. The number of carbonyl (C=O) groups is 4. The summed E-state index contributed by atoms with van der Waals surface area (Å²) in [5, 5.41) is 3.59. The number of anilines is 2. The number of alkyl halides is 1. The van der Waals surface area contributed by atoms with E-state index in [0.717, 1.165) is 63.5 Å². The lowest BCUT2D eigenvalue weighted by atomic mass is 10.2. The molecule has 0 bridgehead atoms. The molecule has 2 fully saturated rings. The van der Waals surface area contributed by atoms with E-state index in [1.54, 1.807) is 9.80 Å². The molecule has 0 saturated carbocycles. The summed E-state index contributed by atoms with van der Waals surface area (Å²) in [5.41, 5.74) is 3.77. The molecule has 0 radical (unpaired) electrons. The molecule has 4 aliphatic rings. The van der Waals surface area contributed by atoms with Crippen LogP contribution in [0.1, 0.15) is 52.7 Å². The maximum absolute atomic E-state index is 12.7. The summed E-state index contributed by atoms with van der Waals surface area (Å²) < 4.78 is 10.6. The molecule has 12 nitrogen and oxygen atoms in total. The highest BCUT2D eigenvalue weighted by Gasteiger charge is 2.30. The lowest BCUT2D eigenvalue weighted by molar-refractivity contribution is -0.120. The van der Waals surface area contributed by atoms with E-state index in [-0.39, 0.29) is 29.6 Å². The van der Waals surface area contributed by atoms with Crippen molar-refractivity contribution in [3.8, 4) is 0 Å². The number of hydrogen-bond acceptors (Lipinski definition) is 8. The maximum atomic E-state index is 12.7. The molecule has 51 heavy (non-hydrogen) atoms. The number of benzene rings is 2. The molecule has 1 N–H and O–H groups in total. The fourth-order valence-electron chi connectivity index (χ4n) is 6.13. The normalized spacial score (nSPS) is 17.3.